The number of hydrogen-bond donors (Lipinski definition) is 2. The molecule has 0 radical (unpaired) electrons. The number of rotatable bonds is 5. The minimum absolute atomic E-state index is 0.142. The molecule has 0 aromatic heterocycles. The first kappa shape index (κ1) is 16.1. The van der Waals surface area contributed by atoms with Gasteiger partial charge in [0, 0.05) is 6.54 Å². The molecular weight excluding hydrogens is 319 g/mol. The van der Waals surface area contributed by atoms with Gasteiger partial charge < -0.3 is 10.6 Å². The third-order valence-electron chi connectivity index (χ3n) is 5.11. The van der Waals surface area contributed by atoms with Crippen molar-refractivity contribution in [3.8, 4) is 0 Å². The minimum Gasteiger partial charge on any atom is -0.355 e. The number of halogens is 2. The van der Waals surface area contributed by atoms with E-state index < -0.39 is 5.41 Å². The standard InChI is InChI=1S/C17H22Cl2N2O/c18-14-3-2-13(10-15(14)19)17(6-1-7-17)16(22)21-9-5-12-4-8-20-11-12/h2-3,10,12,20H,1,4-9,11H2,(H,21,22). The third kappa shape index (κ3) is 3.12. The molecule has 1 amide bonds. The molecular formula is C17H22Cl2N2O. The Morgan fingerprint density at radius 2 is 2.14 bits per heavy atom. The second kappa shape index (κ2) is 6.77. The van der Waals surface area contributed by atoms with Crippen molar-refractivity contribution in [2.24, 2.45) is 5.92 Å². The van der Waals surface area contributed by atoms with Crippen LogP contribution in [0.5, 0.6) is 0 Å². The molecule has 120 valence electrons. The number of amides is 1. The van der Waals surface area contributed by atoms with E-state index in [0.717, 1.165) is 50.9 Å². The van der Waals surface area contributed by atoms with E-state index >= 15 is 0 Å². The Morgan fingerprint density at radius 1 is 1.32 bits per heavy atom. The van der Waals surface area contributed by atoms with E-state index in [-0.39, 0.29) is 5.91 Å². The van der Waals surface area contributed by atoms with Crippen molar-refractivity contribution in [2.45, 2.75) is 37.5 Å². The van der Waals surface area contributed by atoms with Crippen LogP contribution in [-0.2, 0) is 10.2 Å². The van der Waals surface area contributed by atoms with E-state index in [1.165, 1.54) is 6.42 Å². The molecule has 1 aromatic rings. The van der Waals surface area contributed by atoms with Crippen molar-refractivity contribution >= 4 is 29.1 Å². The lowest BCUT2D eigenvalue weighted by molar-refractivity contribution is -0.129. The zero-order chi connectivity index (χ0) is 15.6. The summed E-state index contributed by atoms with van der Waals surface area (Å²) in [6.07, 6.45) is 5.13. The number of nitrogens with one attached hydrogen (secondary N) is 2. The molecule has 1 saturated heterocycles. The van der Waals surface area contributed by atoms with Gasteiger partial charge in [0.1, 0.15) is 0 Å². The molecule has 5 heteroatoms. The van der Waals surface area contributed by atoms with E-state index in [2.05, 4.69) is 10.6 Å². The fraction of sp³-hybridized carbons (Fsp3) is 0.588. The summed E-state index contributed by atoms with van der Waals surface area (Å²) in [7, 11) is 0. The first-order chi connectivity index (χ1) is 10.6. The average molecular weight is 341 g/mol. The van der Waals surface area contributed by atoms with Gasteiger partial charge in [0.15, 0.2) is 0 Å². The Morgan fingerprint density at radius 3 is 2.73 bits per heavy atom. The maximum absolute atomic E-state index is 12.7. The second-order valence-corrected chi connectivity index (χ2v) is 7.28. The molecule has 1 aliphatic carbocycles. The normalized spacial score (nSPS) is 23.1. The van der Waals surface area contributed by atoms with Gasteiger partial charge in [0.2, 0.25) is 5.91 Å². The molecule has 0 bridgehead atoms. The predicted octanol–water partition coefficient (Wildman–Crippen LogP) is 3.53. The van der Waals surface area contributed by atoms with Crippen molar-refractivity contribution < 1.29 is 4.79 Å². The SMILES string of the molecule is O=C(NCCC1CCNC1)C1(c2ccc(Cl)c(Cl)c2)CCC1. The molecule has 1 aromatic carbocycles. The Labute approximate surface area is 141 Å². The quantitative estimate of drug-likeness (QED) is 0.860. The molecule has 1 atom stereocenters. The first-order valence-electron chi connectivity index (χ1n) is 8.06. The zero-order valence-corrected chi connectivity index (χ0v) is 14.1. The van der Waals surface area contributed by atoms with E-state index in [0.29, 0.717) is 16.0 Å². The van der Waals surface area contributed by atoms with Crippen LogP contribution in [0.25, 0.3) is 0 Å². The number of hydrogen-bond acceptors (Lipinski definition) is 2. The summed E-state index contributed by atoms with van der Waals surface area (Å²) in [4.78, 5) is 12.7. The van der Waals surface area contributed by atoms with Crippen molar-refractivity contribution in [1.29, 1.82) is 0 Å². The van der Waals surface area contributed by atoms with Crippen molar-refractivity contribution in [2.75, 3.05) is 19.6 Å². The van der Waals surface area contributed by atoms with Crippen molar-refractivity contribution in [1.82, 2.24) is 10.6 Å². The summed E-state index contributed by atoms with van der Waals surface area (Å²) in [5.41, 5.74) is 0.593. The number of carbonyl (C=O) groups is 1. The van der Waals surface area contributed by atoms with E-state index in [1.54, 1.807) is 6.07 Å². The predicted molar refractivity (Wildman–Crippen MR) is 90.6 cm³/mol. The molecule has 2 N–H and O–H groups in total. The van der Waals surface area contributed by atoms with Crippen molar-refractivity contribution in [3.05, 3.63) is 33.8 Å². The molecule has 3 rings (SSSR count). The van der Waals surface area contributed by atoms with Gasteiger partial charge in [-0.3, -0.25) is 4.79 Å². The maximum atomic E-state index is 12.7. The van der Waals surface area contributed by atoms with Gasteiger partial charge in [-0.15, -0.1) is 0 Å². The number of carbonyl (C=O) groups excluding carboxylic acids is 1. The van der Waals surface area contributed by atoms with Gasteiger partial charge >= 0.3 is 0 Å². The monoisotopic (exact) mass is 340 g/mol. The summed E-state index contributed by atoms with van der Waals surface area (Å²) in [6.45, 7) is 2.94. The lowest BCUT2D eigenvalue weighted by Gasteiger charge is -2.41. The molecule has 2 aliphatic rings. The Kier molecular flexibility index (Phi) is 4.96. The fourth-order valence-corrected chi connectivity index (χ4v) is 3.79. The zero-order valence-electron chi connectivity index (χ0n) is 12.6. The second-order valence-electron chi connectivity index (χ2n) is 6.47. The molecule has 0 spiro atoms. The summed E-state index contributed by atoms with van der Waals surface area (Å²) in [5, 5.41) is 7.56. The van der Waals surface area contributed by atoms with Gasteiger partial charge in [0.05, 0.1) is 15.5 Å². The van der Waals surface area contributed by atoms with E-state index in [1.807, 2.05) is 12.1 Å². The lowest BCUT2D eigenvalue weighted by Crippen LogP contribution is -2.49. The maximum Gasteiger partial charge on any atom is 0.230 e. The highest BCUT2D eigenvalue weighted by atomic mass is 35.5. The van der Waals surface area contributed by atoms with E-state index in [9.17, 15) is 4.79 Å². The van der Waals surface area contributed by atoms with Crippen molar-refractivity contribution in [3.63, 3.8) is 0 Å². The van der Waals surface area contributed by atoms with Gasteiger partial charge in [-0.1, -0.05) is 35.7 Å². The first-order valence-corrected chi connectivity index (χ1v) is 8.82. The molecule has 22 heavy (non-hydrogen) atoms. The van der Waals surface area contributed by atoms with Gasteiger partial charge in [0.25, 0.3) is 0 Å². The van der Waals surface area contributed by atoms with Crippen LogP contribution in [-0.4, -0.2) is 25.5 Å². The number of benzene rings is 1. The smallest absolute Gasteiger partial charge is 0.230 e. The summed E-state index contributed by atoms with van der Waals surface area (Å²) >= 11 is 12.1. The van der Waals surface area contributed by atoms with Crippen LogP contribution in [0.1, 0.15) is 37.7 Å². The molecule has 1 unspecified atom stereocenters. The van der Waals surface area contributed by atoms with Crippen LogP contribution in [0.15, 0.2) is 18.2 Å². The van der Waals surface area contributed by atoms with Crippen LogP contribution < -0.4 is 10.6 Å². The summed E-state index contributed by atoms with van der Waals surface area (Å²) in [6, 6.07) is 5.58. The van der Waals surface area contributed by atoms with Gasteiger partial charge in [-0.25, -0.2) is 0 Å². The molecule has 1 heterocycles. The minimum atomic E-state index is -0.401. The van der Waals surface area contributed by atoms with Gasteiger partial charge in [-0.2, -0.15) is 0 Å². The largest absolute Gasteiger partial charge is 0.355 e. The lowest BCUT2D eigenvalue weighted by atomic mass is 9.64. The summed E-state index contributed by atoms with van der Waals surface area (Å²) in [5.74, 6) is 0.839. The van der Waals surface area contributed by atoms with Crippen LogP contribution in [0.4, 0.5) is 0 Å². The molecule has 2 fully saturated rings. The highest BCUT2D eigenvalue weighted by molar-refractivity contribution is 6.42. The summed E-state index contributed by atoms with van der Waals surface area (Å²) < 4.78 is 0. The van der Waals surface area contributed by atoms with Crippen LogP contribution >= 0.6 is 23.2 Å². The van der Waals surface area contributed by atoms with Crippen LogP contribution in [0, 0.1) is 5.92 Å². The van der Waals surface area contributed by atoms with E-state index in [4.69, 9.17) is 23.2 Å². The van der Waals surface area contributed by atoms with Gasteiger partial charge in [-0.05, 0) is 62.4 Å². The third-order valence-corrected chi connectivity index (χ3v) is 5.85. The molecule has 3 nitrogen and oxygen atoms in total. The Bertz CT molecular complexity index is 552. The Balaban J connectivity index is 1.63. The molecule has 1 saturated carbocycles. The molecule has 1 aliphatic heterocycles. The van der Waals surface area contributed by atoms with Crippen LogP contribution in [0.2, 0.25) is 10.0 Å². The highest BCUT2D eigenvalue weighted by Crippen LogP contribution is 2.45. The highest BCUT2D eigenvalue weighted by Gasteiger charge is 2.45. The fourth-order valence-electron chi connectivity index (χ4n) is 3.49. The van der Waals surface area contributed by atoms with Crippen LogP contribution in [0.3, 0.4) is 0 Å². The average Bonchev–Trinajstić information content (AvgIpc) is 2.95. The Hall–Kier alpha value is -0.770. The topological polar surface area (TPSA) is 41.1 Å².